The Morgan fingerprint density at radius 2 is 1.72 bits per heavy atom. The molecule has 0 radical (unpaired) electrons. The molecule has 3 atom stereocenters. The van der Waals surface area contributed by atoms with Gasteiger partial charge in [0, 0.05) is 26.2 Å². The van der Waals surface area contributed by atoms with Gasteiger partial charge in [-0.05, 0) is 38.5 Å². The van der Waals surface area contributed by atoms with Crippen LogP contribution in [0.2, 0.25) is 0 Å². The predicted octanol–water partition coefficient (Wildman–Crippen LogP) is 0.714. The summed E-state index contributed by atoms with van der Waals surface area (Å²) in [4.78, 5) is 79.4. The Labute approximate surface area is 231 Å². The van der Waals surface area contributed by atoms with Crippen molar-refractivity contribution in [2.45, 2.75) is 91.4 Å². The highest BCUT2D eigenvalue weighted by Gasteiger charge is 2.42. The first-order chi connectivity index (χ1) is 18.1. The standard InChI is InChI=1S/C27H46N6O6/c1-9-12-18(21(35)24(37)28-14-10-2)30-23(36)19-13-11-15-33(19)25(38)22(27(5,6)7)31-26(39)29-16-20(34)32(8)17(3)4/h10,17-19,22H,2,9,11-16H2,1,3-8H3,(H,28,37)(H,30,36)(H2,29,31,39). The Kier molecular flexibility index (Phi) is 13.1. The van der Waals surface area contributed by atoms with E-state index in [1.54, 1.807) is 27.8 Å². The number of likely N-dealkylation sites (tertiary alicyclic amines) is 1. The average Bonchev–Trinajstić information content (AvgIpc) is 3.36. The van der Waals surface area contributed by atoms with E-state index in [4.69, 9.17) is 0 Å². The number of rotatable bonds is 13. The quantitative estimate of drug-likeness (QED) is 0.195. The lowest BCUT2D eigenvalue weighted by atomic mass is 9.85. The molecule has 0 aromatic carbocycles. The molecule has 12 nitrogen and oxygen atoms in total. The minimum absolute atomic E-state index is 0.0294. The molecule has 1 rings (SSSR count). The van der Waals surface area contributed by atoms with Gasteiger partial charge in [-0.1, -0.05) is 40.2 Å². The monoisotopic (exact) mass is 550 g/mol. The van der Waals surface area contributed by atoms with E-state index in [9.17, 15) is 28.8 Å². The first-order valence-corrected chi connectivity index (χ1v) is 13.5. The molecule has 220 valence electrons. The molecule has 3 unspecified atom stereocenters. The molecule has 0 aromatic heterocycles. The molecule has 39 heavy (non-hydrogen) atoms. The van der Waals surface area contributed by atoms with Crippen LogP contribution < -0.4 is 21.3 Å². The van der Waals surface area contributed by atoms with Crippen LogP contribution >= 0.6 is 0 Å². The molecule has 1 heterocycles. The molecule has 4 N–H and O–H groups in total. The number of hydrogen-bond donors (Lipinski definition) is 4. The highest BCUT2D eigenvalue weighted by atomic mass is 16.2. The van der Waals surface area contributed by atoms with Crippen molar-refractivity contribution in [2.75, 3.05) is 26.7 Å². The lowest BCUT2D eigenvalue weighted by Gasteiger charge is -2.35. The fourth-order valence-corrected chi connectivity index (χ4v) is 4.10. The Morgan fingerprint density at radius 1 is 1.08 bits per heavy atom. The summed E-state index contributed by atoms with van der Waals surface area (Å²) in [5.41, 5.74) is -0.708. The molecule has 12 heteroatoms. The summed E-state index contributed by atoms with van der Waals surface area (Å²) >= 11 is 0. The number of carbonyl (C=O) groups excluding carboxylic acids is 6. The number of urea groups is 1. The second-order valence-electron chi connectivity index (χ2n) is 11.1. The average molecular weight is 551 g/mol. The van der Waals surface area contributed by atoms with E-state index in [0.717, 1.165) is 0 Å². The van der Waals surface area contributed by atoms with E-state index >= 15 is 0 Å². The smallest absolute Gasteiger partial charge is 0.315 e. The van der Waals surface area contributed by atoms with Gasteiger partial charge in [0.2, 0.25) is 23.5 Å². The first kappa shape index (κ1) is 33.6. The van der Waals surface area contributed by atoms with Gasteiger partial charge in [-0.2, -0.15) is 0 Å². The maximum atomic E-state index is 13.6. The Balaban J connectivity index is 2.97. The zero-order chi connectivity index (χ0) is 29.9. The van der Waals surface area contributed by atoms with Crippen LogP contribution in [0.25, 0.3) is 0 Å². The van der Waals surface area contributed by atoms with E-state index in [2.05, 4.69) is 27.8 Å². The molecule has 1 fully saturated rings. The van der Waals surface area contributed by atoms with Crippen LogP contribution in [0.5, 0.6) is 0 Å². The molecule has 0 aromatic rings. The van der Waals surface area contributed by atoms with Gasteiger partial charge in [-0.15, -0.1) is 6.58 Å². The van der Waals surface area contributed by atoms with E-state index < -0.39 is 53.1 Å². The zero-order valence-corrected chi connectivity index (χ0v) is 24.4. The summed E-state index contributed by atoms with van der Waals surface area (Å²) in [5.74, 6) is -2.81. The van der Waals surface area contributed by atoms with Crippen molar-refractivity contribution < 1.29 is 28.8 Å². The minimum Gasteiger partial charge on any atom is -0.346 e. The van der Waals surface area contributed by atoms with E-state index in [1.807, 2.05) is 20.8 Å². The predicted molar refractivity (Wildman–Crippen MR) is 147 cm³/mol. The van der Waals surface area contributed by atoms with Gasteiger partial charge < -0.3 is 31.1 Å². The fourth-order valence-electron chi connectivity index (χ4n) is 4.10. The normalized spacial score (nSPS) is 16.6. The number of nitrogens with zero attached hydrogens (tertiary/aromatic N) is 2. The summed E-state index contributed by atoms with van der Waals surface area (Å²) in [7, 11) is 1.64. The summed E-state index contributed by atoms with van der Waals surface area (Å²) in [6.45, 7) is 14.6. The lowest BCUT2D eigenvalue weighted by Crippen LogP contribution is -2.60. The third-order valence-corrected chi connectivity index (χ3v) is 6.64. The van der Waals surface area contributed by atoms with Gasteiger partial charge in [0.25, 0.3) is 5.91 Å². The van der Waals surface area contributed by atoms with E-state index in [-0.39, 0.29) is 31.5 Å². The van der Waals surface area contributed by atoms with Gasteiger partial charge in [-0.3, -0.25) is 24.0 Å². The highest BCUT2D eigenvalue weighted by Crippen LogP contribution is 2.26. The van der Waals surface area contributed by atoms with Crippen molar-refractivity contribution in [3.8, 4) is 0 Å². The van der Waals surface area contributed by atoms with Gasteiger partial charge >= 0.3 is 6.03 Å². The number of amides is 6. The van der Waals surface area contributed by atoms with E-state index in [0.29, 0.717) is 25.8 Å². The minimum atomic E-state index is -1.02. The number of Topliss-reactive ketones (excluding diaryl/α,β-unsaturated/α-hetero) is 1. The van der Waals surface area contributed by atoms with Crippen molar-refractivity contribution in [3.63, 3.8) is 0 Å². The van der Waals surface area contributed by atoms with Gasteiger partial charge in [0.05, 0.1) is 12.6 Å². The van der Waals surface area contributed by atoms with Crippen LogP contribution in [0, 0.1) is 5.41 Å². The number of nitrogens with one attached hydrogen (secondary N) is 4. The van der Waals surface area contributed by atoms with Crippen LogP contribution in [0.15, 0.2) is 12.7 Å². The molecule has 1 aliphatic heterocycles. The summed E-state index contributed by atoms with van der Waals surface area (Å²) in [5, 5.41) is 10.3. The molecule has 1 saturated heterocycles. The first-order valence-electron chi connectivity index (χ1n) is 13.5. The number of hydrogen-bond acceptors (Lipinski definition) is 6. The van der Waals surface area contributed by atoms with Crippen molar-refractivity contribution in [3.05, 3.63) is 12.7 Å². The molecule has 0 saturated carbocycles. The Bertz CT molecular complexity index is 928. The second kappa shape index (κ2) is 15.2. The summed E-state index contributed by atoms with van der Waals surface area (Å²) in [6, 6.07) is -3.56. The van der Waals surface area contributed by atoms with Crippen molar-refractivity contribution in [2.24, 2.45) is 5.41 Å². The Morgan fingerprint density at radius 3 is 2.26 bits per heavy atom. The van der Waals surface area contributed by atoms with Crippen molar-refractivity contribution in [1.29, 1.82) is 0 Å². The van der Waals surface area contributed by atoms with Crippen LogP contribution in [0.1, 0.15) is 67.2 Å². The number of carbonyl (C=O) groups is 6. The van der Waals surface area contributed by atoms with E-state index in [1.165, 1.54) is 15.9 Å². The number of ketones is 1. The van der Waals surface area contributed by atoms with Crippen LogP contribution in [0.3, 0.4) is 0 Å². The van der Waals surface area contributed by atoms with Crippen LogP contribution in [-0.4, -0.2) is 96.1 Å². The molecule has 6 amide bonds. The van der Waals surface area contributed by atoms with Crippen molar-refractivity contribution in [1.82, 2.24) is 31.1 Å². The summed E-state index contributed by atoms with van der Waals surface area (Å²) < 4.78 is 0. The lowest BCUT2D eigenvalue weighted by molar-refractivity contribution is -0.143. The number of likely N-dealkylation sites (N-methyl/N-ethyl adjacent to an activating group) is 1. The Hall–Kier alpha value is -3.44. The molecule has 0 spiro atoms. The maximum Gasteiger partial charge on any atom is 0.315 e. The van der Waals surface area contributed by atoms with Crippen LogP contribution in [-0.2, 0) is 24.0 Å². The van der Waals surface area contributed by atoms with Crippen LogP contribution in [0.4, 0.5) is 4.79 Å². The summed E-state index contributed by atoms with van der Waals surface area (Å²) in [6.07, 6.45) is 3.22. The zero-order valence-electron chi connectivity index (χ0n) is 24.4. The molecule has 1 aliphatic rings. The van der Waals surface area contributed by atoms with Gasteiger partial charge in [-0.25, -0.2) is 4.79 Å². The third-order valence-electron chi connectivity index (χ3n) is 6.64. The van der Waals surface area contributed by atoms with Gasteiger partial charge in [0.15, 0.2) is 0 Å². The third kappa shape index (κ3) is 9.99. The highest BCUT2D eigenvalue weighted by molar-refractivity contribution is 6.38. The topological polar surface area (TPSA) is 157 Å². The SMILES string of the molecule is C=CCNC(=O)C(=O)C(CCC)NC(=O)C1CCCN1C(=O)C(NC(=O)NCC(=O)N(C)C(C)C)C(C)(C)C. The fraction of sp³-hybridized carbons (Fsp3) is 0.704. The largest absolute Gasteiger partial charge is 0.346 e. The second-order valence-corrected chi connectivity index (χ2v) is 11.1. The molecule has 0 bridgehead atoms. The molecular formula is C27H46N6O6. The molecular weight excluding hydrogens is 504 g/mol. The van der Waals surface area contributed by atoms with Gasteiger partial charge in [0.1, 0.15) is 12.1 Å². The molecule has 0 aliphatic carbocycles. The maximum absolute atomic E-state index is 13.6. The van der Waals surface area contributed by atoms with Crippen molar-refractivity contribution >= 4 is 35.4 Å².